The van der Waals surface area contributed by atoms with E-state index in [-0.39, 0.29) is 5.43 Å². The summed E-state index contributed by atoms with van der Waals surface area (Å²) in [7, 11) is 4.00. The van der Waals surface area contributed by atoms with Crippen LogP contribution in [0.2, 0.25) is 0 Å². The Labute approximate surface area is 165 Å². The zero-order valence-corrected chi connectivity index (χ0v) is 17.1. The summed E-state index contributed by atoms with van der Waals surface area (Å²) in [5.41, 5.74) is 3.26. The van der Waals surface area contributed by atoms with Gasteiger partial charge < -0.3 is 19.2 Å². The lowest BCUT2D eigenvalue weighted by molar-refractivity contribution is 0.199. The summed E-state index contributed by atoms with van der Waals surface area (Å²) in [5, 5.41) is 10.6. The Bertz CT molecular complexity index is 1030. The van der Waals surface area contributed by atoms with Gasteiger partial charge in [0.15, 0.2) is 5.43 Å². The summed E-state index contributed by atoms with van der Waals surface area (Å²) >= 11 is 0. The van der Waals surface area contributed by atoms with Crippen molar-refractivity contribution in [1.29, 1.82) is 0 Å². The van der Waals surface area contributed by atoms with Crippen molar-refractivity contribution >= 4 is 11.0 Å². The second-order valence-corrected chi connectivity index (χ2v) is 7.47. The molecule has 0 aliphatic heterocycles. The number of aliphatic hydroxyl groups is 1. The van der Waals surface area contributed by atoms with Gasteiger partial charge in [-0.2, -0.15) is 0 Å². The summed E-state index contributed by atoms with van der Waals surface area (Å²) in [6, 6.07) is 11.2. The molecule has 0 aliphatic carbocycles. The van der Waals surface area contributed by atoms with Crippen LogP contribution < -0.4 is 10.2 Å². The molecule has 0 spiro atoms. The van der Waals surface area contributed by atoms with E-state index in [1.165, 1.54) is 0 Å². The predicted octanol–water partition coefficient (Wildman–Crippen LogP) is 4.07. The number of aliphatic hydroxyl groups excluding tert-OH is 1. The molecule has 28 heavy (non-hydrogen) atoms. The molecule has 1 N–H and O–H groups in total. The molecule has 5 heteroatoms. The number of hydrogen-bond donors (Lipinski definition) is 1. The number of rotatable bonds is 6. The Morgan fingerprint density at radius 2 is 1.82 bits per heavy atom. The van der Waals surface area contributed by atoms with E-state index in [0.717, 1.165) is 23.4 Å². The number of fused-ring (bicyclic) bond motifs is 1. The van der Waals surface area contributed by atoms with Crippen molar-refractivity contribution in [3.63, 3.8) is 0 Å². The van der Waals surface area contributed by atoms with E-state index in [4.69, 9.17) is 9.15 Å². The Morgan fingerprint density at radius 1 is 1.14 bits per heavy atom. The maximum atomic E-state index is 13.0. The number of ether oxygens (including phenoxy) is 1. The Kier molecular flexibility index (Phi) is 5.87. The minimum Gasteiger partial charge on any atom is -0.492 e. The van der Waals surface area contributed by atoms with Crippen LogP contribution in [0.15, 0.2) is 45.6 Å². The molecular weight excluding hydrogens is 354 g/mol. The van der Waals surface area contributed by atoms with E-state index < -0.39 is 6.10 Å². The molecule has 3 aromatic rings. The normalized spacial score (nSPS) is 12.5. The highest BCUT2D eigenvalue weighted by molar-refractivity contribution is 5.84. The van der Waals surface area contributed by atoms with E-state index in [9.17, 15) is 9.90 Å². The summed E-state index contributed by atoms with van der Waals surface area (Å²) in [5.74, 6) is 1.29. The lowest BCUT2D eigenvalue weighted by atomic mass is 10.00. The number of likely N-dealkylation sites (N-methyl/N-ethyl adjacent to an activating group) is 1. The largest absolute Gasteiger partial charge is 0.492 e. The molecule has 3 rings (SSSR count). The summed E-state index contributed by atoms with van der Waals surface area (Å²) in [6.45, 7) is 6.79. The van der Waals surface area contributed by atoms with Gasteiger partial charge in [-0.05, 0) is 76.8 Å². The van der Waals surface area contributed by atoms with Crippen LogP contribution in [0.25, 0.3) is 22.3 Å². The molecule has 0 amide bonds. The average molecular weight is 381 g/mol. The number of nitrogens with zero attached hydrogens (tertiary/aromatic N) is 1. The van der Waals surface area contributed by atoms with Gasteiger partial charge in [-0.1, -0.05) is 0 Å². The average Bonchev–Trinajstić information content (AvgIpc) is 2.65. The lowest BCUT2D eigenvalue weighted by Gasteiger charge is -2.14. The molecular formula is C23H27NO4. The first-order valence-electron chi connectivity index (χ1n) is 9.42. The van der Waals surface area contributed by atoms with Crippen molar-refractivity contribution in [2.45, 2.75) is 26.9 Å². The molecule has 1 aromatic heterocycles. The monoisotopic (exact) mass is 381 g/mol. The van der Waals surface area contributed by atoms with Crippen molar-refractivity contribution in [3.05, 3.63) is 63.3 Å². The third-order valence-corrected chi connectivity index (χ3v) is 4.77. The molecule has 0 aliphatic rings. The van der Waals surface area contributed by atoms with Crippen LogP contribution >= 0.6 is 0 Å². The third kappa shape index (κ3) is 4.11. The minimum absolute atomic E-state index is 0.0758. The summed E-state index contributed by atoms with van der Waals surface area (Å²) in [4.78, 5) is 15.0. The van der Waals surface area contributed by atoms with Crippen LogP contribution in [0.3, 0.4) is 0 Å². The zero-order valence-electron chi connectivity index (χ0n) is 17.1. The summed E-state index contributed by atoms with van der Waals surface area (Å²) < 4.78 is 11.9. The molecule has 2 aromatic carbocycles. The fraction of sp³-hybridized carbons (Fsp3) is 0.348. The van der Waals surface area contributed by atoms with Gasteiger partial charge in [0.2, 0.25) is 0 Å². The fourth-order valence-electron chi connectivity index (χ4n) is 3.20. The van der Waals surface area contributed by atoms with Crippen LogP contribution in [-0.2, 0) is 0 Å². The fourth-order valence-corrected chi connectivity index (χ4v) is 3.20. The highest BCUT2D eigenvalue weighted by Crippen LogP contribution is 2.31. The maximum absolute atomic E-state index is 13.0. The number of benzene rings is 2. The first kappa shape index (κ1) is 20.1. The molecule has 0 fully saturated rings. The molecule has 0 radical (unpaired) electrons. The van der Waals surface area contributed by atoms with Crippen LogP contribution in [-0.4, -0.2) is 37.3 Å². The quantitative estimate of drug-likeness (QED) is 0.697. The highest BCUT2D eigenvalue weighted by Gasteiger charge is 2.17. The molecule has 0 saturated heterocycles. The first-order valence-corrected chi connectivity index (χ1v) is 9.42. The van der Waals surface area contributed by atoms with Crippen molar-refractivity contribution < 1.29 is 14.3 Å². The molecule has 148 valence electrons. The molecule has 5 nitrogen and oxygen atoms in total. The molecule has 0 unspecified atom stereocenters. The smallest absolute Gasteiger partial charge is 0.196 e. The topological polar surface area (TPSA) is 62.9 Å². The van der Waals surface area contributed by atoms with Crippen LogP contribution in [0.4, 0.5) is 0 Å². The molecule has 1 atom stereocenters. The van der Waals surface area contributed by atoms with Crippen molar-refractivity contribution in [3.8, 4) is 17.1 Å². The van der Waals surface area contributed by atoms with Gasteiger partial charge in [0.1, 0.15) is 23.7 Å². The second kappa shape index (κ2) is 8.17. The van der Waals surface area contributed by atoms with Gasteiger partial charge in [0, 0.05) is 23.2 Å². The van der Waals surface area contributed by atoms with Gasteiger partial charge in [-0.15, -0.1) is 0 Å². The standard InChI is InChI=1S/C23H27NO4/c1-14-12-19(16(3)25)23-20(13-14)21(26)15(2)22(28-23)17-6-8-18(9-7-17)27-11-10-24(4)5/h6-9,12-13,16,25H,10-11H2,1-5H3/t16-/m0/s1. The lowest BCUT2D eigenvalue weighted by Crippen LogP contribution is -2.19. The first-order chi connectivity index (χ1) is 13.3. The van der Waals surface area contributed by atoms with Crippen molar-refractivity contribution in [2.24, 2.45) is 0 Å². The van der Waals surface area contributed by atoms with Crippen LogP contribution in [0, 0.1) is 13.8 Å². The SMILES string of the molecule is Cc1cc([C@H](C)O)c2oc(-c3ccc(OCCN(C)C)cc3)c(C)c(=O)c2c1. The highest BCUT2D eigenvalue weighted by atomic mass is 16.5. The van der Waals surface area contributed by atoms with Gasteiger partial charge in [-0.3, -0.25) is 4.79 Å². The van der Waals surface area contributed by atoms with Gasteiger partial charge in [0.25, 0.3) is 0 Å². The Hall–Kier alpha value is -2.63. The van der Waals surface area contributed by atoms with E-state index in [2.05, 4.69) is 4.90 Å². The maximum Gasteiger partial charge on any atom is 0.196 e. The second-order valence-electron chi connectivity index (χ2n) is 7.47. The van der Waals surface area contributed by atoms with Crippen molar-refractivity contribution in [2.75, 3.05) is 27.2 Å². The number of hydrogen-bond acceptors (Lipinski definition) is 5. The molecule has 0 saturated carbocycles. The third-order valence-electron chi connectivity index (χ3n) is 4.77. The summed E-state index contributed by atoms with van der Waals surface area (Å²) in [6.07, 6.45) is -0.728. The number of aryl methyl sites for hydroxylation is 1. The minimum atomic E-state index is -0.728. The van der Waals surface area contributed by atoms with Crippen molar-refractivity contribution in [1.82, 2.24) is 4.90 Å². The zero-order chi connectivity index (χ0) is 20.4. The Balaban J connectivity index is 2.03. The predicted molar refractivity (Wildman–Crippen MR) is 112 cm³/mol. The van der Waals surface area contributed by atoms with E-state index in [0.29, 0.717) is 34.5 Å². The van der Waals surface area contributed by atoms with Crippen LogP contribution in [0.5, 0.6) is 5.75 Å². The van der Waals surface area contributed by atoms with E-state index in [1.54, 1.807) is 13.8 Å². The molecule has 1 heterocycles. The van der Waals surface area contributed by atoms with Gasteiger partial charge >= 0.3 is 0 Å². The van der Waals surface area contributed by atoms with Gasteiger partial charge in [-0.25, -0.2) is 0 Å². The van der Waals surface area contributed by atoms with E-state index >= 15 is 0 Å². The van der Waals surface area contributed by atoms with Gasteiger partial charge in [0.05, 0.1) is 11.5 Å². The van der Waals surface area contributed by atoms with Crippen LogP contribution in [0.1, 0.15) is 29.7 Å². The Morgan fingerprint density at radius 3 is 2.43 bits per heavy atom. The van der Waals surface area contributed by atoms with E-state index in [1.807, 2.05) is 57.4 Å². The molecule has 0 bridgehead atoms.